The first kappa shape index (κ1) is 13.4. The average molecular weight is 257 g/mol. The highest BCUT2D eigenvalue weighted by atomic mass is 19.1. The summed E-state index contributed by atoms with van der Waals surface area (Å²) in [7, 11) is 0. The lowest BCUT2D eigenvalue weighted by molar-refractivity contribution is 0.140. The maximum absolute atomic E-state index is 13.3. The van der Waals surface area contributed by atoms with Crippen LogP contribution in [0.2, 0.25) is 0 Å². The van der Waals surface area contributed by atoms with Gasteiger partial charge in [-0.15, -0.1) is 0 Å². The third kappa shape index (κ3) is 3.26. The van der Waals surface area contributed by atoms with Crippen molar-refractivity contribution in [3.05, 3.63) is 11.7 Å². The molecule has 18 heavy (non-hydrogen) atoms. The molecule has 1 fully saturated rings. The molecule has 6 heteroatoms. The van der Waals surface area contributed by atoms with Gasteiger partial charge in [-0.1, -0.05) is 19.0 Å². The van der Waals surface area contributed by atoms with Crippen LogP contribution in [0.1, 0.15) is 32.0 Å². The lowest BCUT2D eigenvalue weighted by Gasteiger charge is -2.19. The summed E-state index contributed by atoms with van der Waals surface area (Å²) in [5.41, 5.74) is 0. The SMILES string of the molecule is CC(C)Cc1noc(CN2C[C@@H](F)C[C@H]2CO)n1. The van der Waals surface area contributed by atoms with Crippen LogP contribution in [0.4, 0.5) is 4.39 Å². The molecule has 0 unspecified atom stereocenters. The second kappa shape index (κ2) is 5.75. The highest BCUT2D eigenvalue weighted by Crippen LogP contribution is 2.22. The number of rotatable bonds is 5. The van der Waals surface area contributed by atoms with Gasteiger partial charge < -0.3 is 9.63 Å². The lowest BCUT2D eigenvalue weighted by Crippen LogP contribution is -2.31. The monoisotopic (exact) mass is 257 g/mol. The van der Waals surface area contributed by atoms with Crippen molar-refractivity contribution in [1.29, 1.82) is 0 Å². The summed E-state index contributed by atoms with van der Waals surface area (Å²) in [4.78, 5) is 6.14. The van der Waals surface area contributed by atoms with Crippen LogP contribution in [0, 0.1) is 5.92 Å². The van der Waals surface area contributed by atoms with Gasteiger partial charge in [-0.25, -0.2) is 4.39 Å². The minimum Gasteiger partial charge on any atom is -0.395 e. The molecule has 5 nitrogen and oxygen atoms in total. The third-order valence-electron chi connectivity index (χ3n) is 3.13. The summed E-state index contributed by atoms with van der Waals surface area (Å²) < 4.78 is 18.4. The van der Waals surface area contributed by atoms with Crippen molar-refractivity contribution < 1.29 is 14.0 Å². The van der Waals surface area contributed by atoms with Gasteiger partial charge in [-0.2, -0.15) is 4.98 Å². The fraction of sp³-hybridized carbons (Fsp3) is 0.833. The molecule has 0 aliphatic carbocycles. The number of nitrogens with zero attached hydrogens (tertiary/aromatic N) is 3. The fourth-order valence-corrected chi connectivity index (χ4v) is 2.28. The van der Waals surface area contributed by atoms with Gasteiger partial charge in [0, 0.05) is 19.0 Å². The molecule has 2 atom stereocenters. The Morgan fingerprint density at radius 1 is 1.56 bits per heavy atom. The Bertz CT molecular complexity index is 383. The van der Waals surface area contributed by atoms with Crippen molar-refractivity contribution in [3.63, 3.8) is 0 Å². The van der Waals surface area contributed by atoms with Crippen LogP contribution in [-0.2, 0) is 13.0 Å². The Hall–Kier alpha value is -1.01. The van der Waals surface area contributed by atoms with E-state index in [9.17, 15) is 9.50 Å². The quantitative estimate of drug-likeness (QED) is 0.858. The molecule has 102 valence electrons. The summed E-state index contributed by atoms with van der Waals surface area (Å²) in [5, 5.41) is 13.1. The van der Waals surface area contributed by atoms with E-state index in [0.717, 1.165) is 6.42 Å². The third-order valence-corrected chi connectivity index (χ3v) is 3.13. The van der Waals surface area contributed by atoms with E-state index >= 15 is 0 Å². The van der Waals surface area contributed by atoms with Crippen LogP contribution in [0.5, 0.6) is 0 Å². The van der Waals surface area contributed by atoms with Crippen molar-refractivity contribution in [2.24, 2.45) is 5.92 Å². The van der Waals surface area contributed by atoms with Crippen LogP contribution in [-0.4, -0.2) is 45.5 Å². The van der Waals surface area contributed by atoms with E-state index < -0.39 is 6.17 Å². The molecule has 1 aromatic rings. The Morgan fingerprint density at radius 2 is 2.33 bits per heavy atom. The molecule has 1 aliphatic rings. The number of likely N-dealkylation sites (tertiary alicyclic amines) is 1. The molecule has 0 amide bonds. The van der Waals surface area contributed by atoms with Crippen molar-refractivity contribution in [3.8, 4) is 0 Å². The zero-order valence-corrected chi connectivity index (χ0v) is 10.8. The molecule has 0 saturated carbocycles. The van der Waals surface area contributed by atoms with E-state index in [0.29, 0.717) is 37.1 Å². The highest BCUT2D eigenvalue weighted by molar-refractivity contribution is 4.91. The highest BCUT2D eigenvalue weighted by Gasteiger charge is 2.32. The standard InChI is InChI=1S/C12H20FN3O2/c1-8(2)3-11-14-12(18-15-11)6-16-5-9(13)4-10(16)7-17/h8-10,17H,3-7H2,1-2H3/t9-,10-/m0/s1. The second-order valence-corrected chi connectivity index (χ2v) is 5.30. The minimum absolute atomic E-state index is 0.0343. The number of alkyl halides is 1. The van der Waals surface area contributed by atoms with Crippen LogP contribution in [0.15, 0.2) is 4.52 Å². The van der Waals surface area contributed by atoms with Crippen molar-refractivity contribution in [2.75, 3.05) is 13.2 Å². The summed E-state index contributed by atoms with van der Waals surface area (Å²) in [6.07, 6.45) is 0.280. The van der Waals surface area contributed by atoms with E-state index in [4.69, 9.17) is 4.52 Å². The van der Waals surface area contributed by atoms with E-state index in [1.165, 1.54) is 0 Å². The average Bonchev–Trinajstić information content (AvgIpc) is 2.85. The fourth-order valence-electron chi connectivity index (χ4n) is 2.28. The molecule has 1 aromatic heterocycles. The molecule has 2 rings (SSSR count). The van der Waals surface area contributed by atoms with Crippen LogP contribution in [0.3, 0.4) is 0 Å². The van der Waals surface area contributed by atoms with E-state index in [-0.39, 0.29) is 12.6 Å². The van der Waals surface area contributed by atoms with Crippen molar-refractivity contribution in [2.45, 2.75) is 45.4 Å². The molecule has 2 heterocycles. The molecule has 0 aromatic carbocycles. The first-order valence-electron chi connectivity index (χ1n) is 6.39. The number of hydrogen-bond donors (Lipinski definition) is 1. The number of halogens is 1. The maximum atomic E-state index is 13.3. The smallest absolute Gasteiger partial charge is 0.240 e. The van der Waals surface area contributed by atoms with Crippen LogP contribution < -0.4 is 0 Å². The first-order chi connectivity index (χ1) is 8.58. The molecule has 0 spiro atoms. The van der Waals surface area contributed by atoms with E-state index in [1.54, 1.807) is 0 Å². The second-order valence-electron chi connectivity index (χ2n) is 5.30. The van der Waals surface area contributed by atoms with Gasteiger partial charge in [0.25, 0.3) is 0 Å². The Balaban J connectivity index is 1.94. The minimum atomic E-state index is -0.875. The van der Waals surface area contributed by atoms with Crippen molar-refractivity contribution >= 4 is 0 Å². The molecule has 0 radical (unpaired) electrons. The van der Waals surface area contributed by atoms with Gasteiger partial charge in [0.15, 0.2) is 5.82 Å². The van der Waals surface area contributed by atoms with Gasteiger partial charge in [-0.05, 0) is 12.3 Å². The molecule has 1 aliphatic heterocycles. The largest absolute Gasteiger partial charge is 0.395 e. The van der Waals surface area contributed by atoms with Crippen LogP contribution >= 0.6 is 0 Å². The zero-order chi connectivity index (χ0) is 13.1. The zero-order valence-electron chi connectivity index (χ0n) is 10.8. The predicted molar refractivity (Wildman–Crippen MR) is 63.6 cm³/mol. The van der Waals surface area contributed by atoms with Crippen molar-refractivity contribution in [1.82, 2.24) is 15.0 Å². The molecule has 1 N–H and O–H groups in total. The van der Waals surface area contributed by atoms with Gasteiger partial charge in [0.2, 0.25) is 5.89 Å². The molecule has 1 saturated heterocycles. The summed E-state index contributed by atoms with van der Waals surface area (Å²) in [6, 6.07) is -0.138. The van der Waals surface area contributed by atoms with Gasteiger partial charge in [-0.3, -0.25) is 4.90 Å². The van der Waals surface area contributed by atoms with Gasteiger partial charge >= 0.3 is 0 Å². The molecular weight excluding hydrogens is 237 g/mol. The molecular formula is C12H20FN3O2. The number of aromatic nitrogens is 2. The predicted octanol–water partition coefficient (Wildman–Crippen LogP) is 1.17. The lowest BCUT2D eigenvalue weighted by atomic mass is 10.1. The number of hydrogen-bond acceptors (Lipinski definition) is 5. The Labute approximate surface area is 106 Å². The Morgan fingerprint density at radius 3 is 3.00 bits per heavy atom. The van der Waals surface area contributed by atoms with E-state index in [2.05, 4.69) is 24.0 Å². The number of aliphatic hydroxyl groups is 1. The summed E-state index contributed by atoms with van der Waals surface area (Å²) in [5.74, 6) is 1.66. The maximum Gasteiger partial charge on any atom is 0.240 e. The topological polar surface area (TPSA) is 62.4 Å². The normalized spacial score (nSPS) is 25.2. The van der Waals surface area contributed by atoms with Gasteiger partial charge in [0.05, 0.1) is 13.2 Å². The molecule has 0 bridgehead atoms. The summed E-state index contributed by atoms with van der Waals surface area (Å²) >= 11 is 0. The van der Waals surface area contributed by atoms with Crippen LogP contribution in [0.25, 0.3) is 0 Å². The first-order valence-corrected chi connectivity index (χ1v) is 6.39. The van der Waals surface area contributed by atoms with Gasteiger partial charge in [0.1, 0.15) is 6.17 Å². The summed E-state index contributed by atoms with van der Waals surface area (Å²) in [6.45, 7) is 4.88. The van der Waals surface area contributed by atoms with E-state index in [1.807, 2.05) is 4.90 Å². The number of aliphatic hydroxyl groups excluding tert-OH is 1. The Kier molecular flexibility index (Phi) is 4.29.